The van der Waals surface area contributed by atoms with Gasteiger partial charge in [0.25, 0.3) is 5.91 Å². The maximum atomic E-state index is 13.3. The number of nitrogens with one attached hydrogen (secondary N) is 2. The van der Waals surface area contributed by atoms with E-state index in [1.165, 1.54) is 31.4 Å². The monoisotopic (exact) mass is 534 g/mol. The smallest absolute Gasteiger partial charge is 0.416 e. The highest BCUT2D eigenvalue weighted by Crippen LogP contribution is 2.35. The van der Waals surface area contributed by atoms with Gasteiger partial charge in [-0.2, -0.15) is 13.2 Å². The lowest BCUT2D eigenvalue weighted by Crippen LogP contribution is -2.28. The largest absolute Gasteiger partial charge is 0.457 e. The summed E-state index contributed by atoms with van der Waals surface area (Å²) in [5.74, 6) is -0.104. The Hall–Kier alpha value is -3.63. The highest BCUT2D eigenvalue weighted by Gasteiger charge is 2.33. The van der Waals surface area contributed by atoms with E-state index in [1.54, 1.807) is 6.07 Å². The normalized spacial score (nSPS) is 14.7. The maximum Gasteiger partial charge on any atom is 0.416 e. The molecule has 0 radical (unpaired) electrons. The number of pyridine rings is 1. The van der Waals surface area contributed by atoms with Crippen LogP contribution in [0.4, 0.5) is 18.9 Å². The summed E-state index contributed by atoms with van der Waals surface area (Å²) < 4.78 is 45.9. The van der Waals surface area contributed by atoms with Crippen LogP contribution in [0, 0.1) is 5.92 Å². The number of anilines is 1. The molecule has 2 amide bonds. The molecule has 1 atom stereocenters. The molecule has 0 saturated heterocycles. The Balaban J connectivity index is 0.00000380. The Labute approximate surface area is 218 Å². The molecule has 7 nitrogen and oxygen atoms in total. The molecule has 0 saturated carbocycles. The van der Waals surface area contributed by atoms with Crippen LogP contribution >= 0.6 is 12.4 Å². The highest BCUT2D eigenvalue weighted by atomic mass is 35.5. The molecule has 196 valence electrons. The van der Waals surface area contributed by atoms with Crippen LogP contribution in [0.1, 0.15) is 39.2 Å². The number of hydrogen-bond acceptors (Lipinski definition) is 5. The third-order valence-electron chi connectivity index (χ3n) is 6.11. The van der Waals surface area contributed by atoms with Crippen LogP contribution in [0.5, 0.6) is 11.5 Å². The molecule has 11 heteroatoms. The van der Waals surface area contributed by atoms with Gasteiger partial charge in [-0.25, -0.2) is 0 Å². The van der Waals surface area contributed by atoms with Crippen LogP contribution in [0.15, 0.2) is 54.7 Å². The number of nitrogens with two attached hydrogens (primary N) is 1. The van der Waals surface area contributed by atoms with E-state index in [0.29, 0.717) is 30.8 Å². The van der Waals surface area contributed by atoms with Crippen LogP contribution in [0.25, 0.3) is 0 Å². The predicted molar refractivity (Wildman–Crippen MR) is 135 cm³/mol. The summed E-state index contributed by atoms with van der Waals surface area (Å²) in [4.78, 5) is 28.7. The molecule has 1 aliphatic rings. The molecule has 1 aliphatic carbocycles. The van der Waals surface area contributed by atoms with Gasteiger partial charge >= 0.3 is 6.18 Å². The third-order valence-corrected chi connectivity index (χ3v) is 6.11. The third kappa shape index (κ3) is 6.58. The number of benzene rings is 2. The molecule has 1 unspecified atom stereocenters. The maximum absolute atomic E-state index is 13.3. The first kappa shape index (κ1) is 27.9. The molecule has 4 N–H and O–H groups in total. The van der Waals surface area contributed by atoms with Crippen LogP contribution in [-0.2, 0) is 30.4 Å². The number of aryl methyl sites for hydroxylation is 1. The number of fused-ring (bicyclic) bond motifs is 1. The minimum absolute atomic E-state index is 0. The van der Waals surface area contributed by atoms with Gasteiger partial charge in [0.05, 0.1) is 5.56 Å². The number of alkyl halides is 3. The molecule has 3 aromatic rings. The Kier molecular flexibility index (Phi) is 8.77. The predicted octanol–water partition coefficient (Wildman–Crippen LogP) is 4.88. The molecule has 0 fully saturated rings. The Morgan fingerprint density at radius 1 is 1.08 bits per heavy atom. The van der Waals surface area contributed by atoms with E-state index in [4.69, 9.17) is 10.5 Å². The summed E-state index contributed by atoms with van der Waals surface area (Å²) in [6, 6.07) is 12.4. The van der Waals surface area contributed by atoms with Crippen LogP contribution in [-0.4, -0.2) is 23.8 Å². The van der Waals surface area contributed by atoms with E-state index < -0.39 is 17.7 Å². The quantitative estimate of drug-likeness (QED) is 0.418. The van der Waals surface area contributed by atoms with E-state index in [1.807, 2.05) is 18.2 Å². The van der Waals surface area contributed by atoms with Gasteiger partial charge in [-0.15, -0.1) is 12.4 Å². The fourth-order valence-corrected chi connectivity index (χ4v) is 4.22. The Bertz CT molecular complexity index is 1300. The van der Waals surface area contributed by atoms with Crippen molar-refractivity contribution in [2.45, 2.75) is 32.0 Å². The molecule has 4 rings (SSSR count). The van der Waals surface area contributed by atoms with E-state index >= 15 is 0 Å². The first-order valence-corrected chi connectivity index (χ1v) is 11.4. The number of carbonyl (C=O) groups is 2. The molecular weight excluding hydrogens is 509 g/mol. The number of rotatable bonds is 6. The van der Waals surface area contributed by atoms with Crippen molar-refractivity contribution in [1.29, 1.82) is 0 Å². The Morgan fingerprint density at radius 3 is 2.54 bits per heavy atom. The molecular formula is C26H26ClF3N4O3. The molecule has 0 bridgehead atoms. The van der Waals surface area contributed by atoms with Crippen molar-refractivity contribution in [2.75, 3.05) is 12.4 Å². The fraction of sp³-hybridized carbons (Fsp3) is 0.269. The van der Waals surface area contributed by atoms with Gasteiger partial charge in [0.2, 0.25) is 5.91 Å². The molecule has 37 heavy (non-hydrogen) atoms. The molecule has 0 aliphatic heterocycles. The fourth-order valence-electron chi connectivity index (χ4n) is 4.22. The SMILES string of the molecule is CNC(=O)c1cc(Oc2ccc3c(c2)CC(C(=O)Nc2ccc(CN)c(C(F)(F)F)c2)CC3)ccn1.Cl. The minimum Gasteiger partial charge on any atom is -0.457 e. The lowest BCUT2D eigenvalue weighted by Gasteiger charge is -2.25. The number of halogens is 4. The summed E-state index contributed by atoms with van der Waals surface area (Å²) in [6.45, 7) is -0.251. The van der Waals surface area contributed by atoms with E-state index in [9.17, 15) is 22.8 Å². The molecule has 1 heterocycles. The van der Waals surface area contributed by atoms with Gasteiger partial charge in [0.1, 0.15) is 17.2 Å². The van der Waals surface area contributed by atoms with Gasteiger partial charge in [-0.3, -0.25) is 14.6 Å². The summed E-state index contributed by atoms with van der Waals surface area (Å²) in [5.41, 5.74) is 6.85. The molecule has 1 aromatic heterocycles. The van der Waals surface area contributed by atoms with Gasteiger partial charge in [-0.05, 0) is 66.3 Å². The lowest BCUT2D eigenvalue weighted by atomic mass is 9.83. The van der Waals surface area contributed by atoms with Gasteiger partial charge < -0.3 is 21.1 Å². The zero-order valence-electron chi connectivity index (χ0n) is 19.9. The average Bonchev–Trinajstić information content (AvgIpc) is 2.87. The van der Waals surface area contributed by atoms with Gasteiger partial charge in [0.15, 0.2) is 0 Å². The van der Waals surface area contributed by atoms with Crippen molar-refractivity contribution in [1.82, 2.24) is 10.3 Å². The lowest BCUT2D eigenvalue weighted by molar-refractivity contribution is -0.138. The van der Waals surface area contributed by atoms with E-state index in [0.717, 1.165) is 17.2 Å². The highest BCUT2D eigenvalue weighted by molar-refractivity contribution is 5.93. The molecule has 2 aromatic carbocycles. The topological polar surface area (TPSA) is 106 Å². The summed E-state index contributed by atoms with van der Waals surface area (Å²) >= 11 is 0. The van der Waals surface area contributed by atoms with E-state index in [-0.39, 0.29) is 47.7 Å². The van der Waals surface area contributed by atoms with Crippen molar-refractivity contribution in [3.63, 3.8) is 0 Å². The average molecular weight is 535 g/mol. The van der Waals surface area contributed by atoms with Crippen LogP contribution < -0.4 is 21.1 Å². The van der Waals surface area contributed by atoms with E-state index in [2.05, 4.69) is 15.6 Å². The van der Waals surface area contributed by atoms with Crippen molar-refractivity contribution in [3.05, 3.63) is 82.7 Å². The Morgan fingerprint density at radius 2 is 1.84 bits per heavy atom. The standard InChI is InChI=1S/C26H25F3N4O3.ClH/c1-31-25(35)23-13-21(8-9-32-23)36-20-7-5-15-2-3-16(10-18(15)11-20)24(34)33-19-6-4-17(14-30)22(12-19)26(27,28)29;/h4-9,11-13,16H,2-3,10,14,30H2,1H3,(H,31,35)(H,33,34);1H. The first-order chi connectivity index (χ1) is 17.2. The molecule has 0 spiro atoms. The summed E-state index contributed by atoms with van der Waals surface area (Å²) in [6.07, 6.45) is -1.44. The number of hydrogen-bond donors (Lipinski definition) is 3. The second kappa shape index (κ2) is 11.6. The number of ether oxygens (including phenoxy) is 1. The van der Waals surface area contributed by atoms with Crippen LogP contribution in [0.2, 0.25) is 0 Å². The first-order valence-electron chi connectivity index (χ1n) is 11.4. The summed E-state index contributed by atoms with van der Waals surface area (Å²) in [5, 5.41) is 5.13. The van der Waals surface area contributed by atoms with Gasteiger partial charge in [-0.1, -0.05) is 12.1 Å². The van der Waals surface area contributed by atoms with Crippen molar-refractivity contribution >= 4 is 29.9 Å². The van der Waals surface area contributed by atoms with Crippen molar-refractivity contribution in [2.24, 2.45) is 11.7 Å². The second-order valence-electron chi connectivity index (χ2n) is 8.49. The van der Waals surface area contributed by atoms with Crippen LogP contribution in [0.3, 0.4) is 0 Å². The number of carbonyl (C=O) groups excluding carboxylic acids is 2. The number of amides is 2. The second-order valence-corrected chi connectivity index (χ2v) is 8.49. The number of nitrogens with zero attached hydrogens (tertiary/aromatic N) is 1. The number of aromatic nitrogens is 1. The van der Waals surface area contributed by atoms with Crippen molar-refractivity contribution < 1.29 is 27.5 Å². The summed E-state index contributed by atoms with van der Waals surface area (Å²) in [7, 11) is 1.51. The minimum atomic E-state index is -4.56. The zero-order chi connectivity index (χ0) is 25.9. The van der Waals surface area contributed by atoms with Crippen molar-refractivity contribution in [3.8, 4) is 11.5 Å². The zero-order valence-corrected chi connectivity index (χ0v) is 20.7. The van der Waals surface area contributed by atoms with Gasteiger partial charge in [0, 0.05) is 37.5 Å².